The zero-order valence-electron chi connectivity index (χ0n) is 17.5. The van der Waals surface area contributed by atoms with Crippen molar-refractivity contribution < 1.29 is 28.6 Å². The van der Waals surface area contributed by atoms with Crippen LogP contribution in [0.5, 0.6) is 11.5 Å². The highest BCUT2D eigenvalue weighted by Gasteiger charge is 2.16. The van der Waals surface area contributed by atoms with Crippen molar-refractivity contribution in [2.24, 2.45) is 0 Å². The van der Waals surface area contributed by atoms with E-state index in [2.05, 4.69) is 12.2 Å². The van der Waals surface area contributed by atoms with Crippen molar-refractivity contribution in [3.8, 4) is 11.5 Å². The van der Waals surface area contributed by atoms with E-state index < -0.39 is 5.97 Å². The van der Waals surface area contributed by atoms with Crippen LogP contribution >= 0.6 is 11.3 Å². The van der Waals surface area contributed by atoms with Crippen LogP contribution in [0.2, 0.25) is 0 Å². The number of amides is 1. The minimum atomic E-state index is -0.607. The molecule has 0 saturated heterocycles. The standard InChI is InChI=1S/C22H27NO6S/c1-4-5-12-28-19-8-6-16(13-20(19)27-3)22(26)29-14-18(25)21-9-7-17(30-21)10-11-23-15(2)24/h6-9,13H,4-5,10-12,14H2,1-3H3,(H,23,24). The Morgan fingerprint density at radius 2 is 1.90 bits per heavy atom. The van der Waals surface area contributed by atoms with Crippen molar-refractivity contribution in [3.63, 3.8) is 0 Å². The lowest BCUT2D eigenvalue weighted by atomic mass is 10.2. The molecule has 0 unspecified atom stereocenters. The second-order valence-corrected chi connectivity index (χ2v) is 7.73. The molecule has 0 aliphatic carbocycles. The number of ether oxygens (including phenoxy) is 3. The summed E-state index contributed by atoms with van der Waals surface area (Å²) in [5.41, 5.74) is 0.282. The fourth-order valence-electron chi connectivity index (χ4n) is 2.55. The Balaban J connectivity index is 1.89. The lowest BCUT2D eigenvalue weighted by molar-refractivity contribution is -0.118. The van der Waals surface area contributed by atoms with Gasteiger partial charge in [0, 0.05) is 18.3 Å². The summed E-state index contributed by atoms with van der Waals surface area (Å²) >= 11 is 1.33. The Kier molecular flexibility index (Phi) is 9.34. The van der Waals surface area contributed by atoms with Gasteiger partial charge in [0.15, 0.2) is 18.1 Å². The maximum atomic E-state index is 12.3. The van der Waals surface area contributed by atoms with Crippen LogP contribution in [0.3, 0.4) is 0 Å². The summed E-state index contributed by atoms with van der Waals surface area (Å²) < 4.78 is 16.1. The van der Waals surface area contributed by atoms with E-state index in [1.807, 2.05) is 6.07 Å². The van der Waals surface area contributed by atoms with Crippen molar-refractivity contribution in [1.82, 2.24) is 5.32 Å². The van der Waals surface area contributed by atoms with Crippen LogP contribution in [0, 0.1) is 0 Å². The second-order valence-electron chi connectivity index (χ2n) is 6.57. The maximum absolute atomic E-state index is 12.3. The summed E-state index contributed by atoms with van der Waals surface area (Å²) in [5.74, 6) is 0.0275. The molecule has 0 spiro atoms. The molecular formula is C22H27NO6S. The molecule has 8 heteroatoms. The van der Waals surface area contributed by atoms with Crippen LogP contribution in [0.15, 0.2) is 30.3 Å². The Morgan fingerprint density at radius 1 is 1.10 bits per heavy atom. The summed E-state index contributed by atoms with van der Waals surface area (Å²) in [7, 11) is 1.50. The molecule has 2 rings (SSSR count). The first-order chi connectivity index (χ1) is 14.4. The zero-order chi connectivity index (χ0) is 21.9. The molecule has 2 aromatic rings. The van der Waals surface area contributed by atoms with E-state index >= 15 is 0 Å². The monoisotopic (exact) mass is 433 g/mol. The van der Waals surface area contributed by atoms with E-state index in [1.54, 1.807) is 24.3 Å². The number of thiophene rings is 1. The lowest BCUT2D eigenvalue weighted by Crippen LogP contribution is -2.22. The van der Waals surface area contributed by atoms with Crippen molar-refractivity contribution in [2.75, 3.05) is 26.9 Å². The van der Waals surface area contributed by atoms with Crippen molar-refractivity contribution in [3.05, 3.63) is 45.6 Å². The van der Waals surface area contributed by atoms with Crippen molar-refractivity contribution in [2.45, 2.75) is 33.1 Å². The minimum absolute atomic E-state index is 0.0908. The number of ketones is 1. The highest BCUT2D eigenvalue weighted by molar-refractivity contribution is 7.14. The molecule has 162 valence electrons. The van der Waals surface area contributed by atoms with Gasteiger partial charge in [0.1, 0.15) is 0 Å². The topological polar surface area (TPSA) is 90.9 Å². The van der Waals surface area contributed by atoms with Gasteiger partial charge in [-0.2, -0.15) is 0 Å². The van der Waals surface area contributed by atoms with Gasteiger partial charge in [-0.05, 0) is 43.2 Å². The van der Waals surface area contributed by atoms with Gasteiger partial charge in [0.25, 0.3) is 0 Å². The molecule has 0 bridgehead atoms. The lowest BCUT2D eigenvalue weighted by Gasteiger charge is -2.11. The van der Waals surface area contributed by atoms with E-state index in [1.165, 1.54) is 25.4 Å². The summed E-state index contributed by atoms with van der Waals surface area (Å²) in [6.07, 6.45) is 2.58. The summed E-state index contributed by atoms with van der Waals surface area (Å²) in [6, 6.07) is 8.33. The molecule has 1 heterocycles. The predicted molar refractivity (Wildman–Crippen MR) is 115 cm³/mol. The van der Waals surface area contributed by atoms with Crippen molar-refractivity contribution in [1.29, 1.82) is 0 Å². The van der Waals surface area contributed by atoms with E-state index in [4.69, 9.17) is 14.2 Å². The van der Waals surface area contributed by atoms with Crippen LogP contribution < -0.4 is 14.8 Å². The number of rotatable bonds is 12. The van der Waals surface area contributed by atoms with Gasteiger partial charge in [-0.15, -0.1) is 11.3 Å². The van der Waals surface area contributed by atoms with Gasteiger partial charge < -0.3 is 19.5 Å². The molecule has 0 aliphatic heterocycles. The Labute approximate surface area is 180 Å². The number of nitrogens with one attached hydrogen (secondary N) is 1. The van der Waals surface area contributed by atoms with Crippen LogP contribution in [-0.2, 0) is 16.0 Å². The average Bonchev–Trinajstić information content (AvgIpc) is 3.20. The van der Waals surface area contributed by atoms with Gasteiger partial charge >= 0.3 is 5.97 Å². The fourth-order valence-corrected chi connectivity index (χ4v) is 3.48. The smallest absolute Gasteiger partial charge is 0.338 e. The number of unbranched alkanes of at least 4 members (excludes halogenated alkanes) is 1. The van der Waals surface area contributed by atoms with Crippen LogP contribution in [0.1, 0.15) is 51.6 Å². The Morgan fingerprint density at radius 3 is 2.60 bits per heavy atom. The van der Waals surface area contributed by atoms with Gasteiger partial charge in [-0.3, -0.25) is 9.59 Å². The van der Waals surface area contributed by atoms with Gasteiger partial charge in [-0.25, -0.2) is 4.79 Å². The number of hydrogen-bond acceptors (Lipinski definition) is 7. The SMILES string of the molecule is CCCCOc1ccc(C(=O)OCC(=O)c2ccc(CCNC(C)=O)s2)cc1OC. The first kappa shape index (κ1) is 23.4. The third-order valence-corrected chi connectivity index (χ3v) is 5.36. The molecule has 0 fully saturated rings. The number of carbonyl (C=O) groups is 3. The van der Waals surface area contributed by atoms with E-state index in [0.717, 1.165) is 17.7 Å². The van der Waals surface area contributed by atoms with Crippen LogP contribution in [0.4, 0.5) is 0 Å². The molecule has 30 heavy (non-hydrogen) atoms. The summed E-state index contributed by atoms with van der Waals surface area (Å²) in [6.45, 7) is 4.27. The van der Waals surface area contributed by atoms with Gasteiger partial charge in [0.2, 0.25) is 11.7 Å². The number of hydrogen-bond donors (Lipinski definition) is 1. The number of methoxy groups -OCH3 is 1. The molecule has 0 radical (unpaired) electrons. The average molecular weight is 434 g/mol. The zero-order valence-corrected chi connectivity index (χ0v) is 18.3. The van der Waals surface area contributed by atoms with E-state index in [0.29, 0.717) is 35.9 Å². The van der Waals surface area contributed by atoms with Gasteiger partial charge in [-0.1, -0.05) is 13.3 Å². The summed E-state index contributed by atoms with van der Waals surface area (Å²) in [4.78, 5) is 37.0. The molecule has 1 aromatic heterocycles. The maximum Gasteiger partial charge on any atom is 0.338 e. The third-order valence-electron chi connectivity index (χ3n) is 4.17. The third kappa shape index (κ3) is 7.18. The number of carbonyl (C=O) groups excluding carboxylic acids is 3. The highest BCUT2D eigenvalue weighted by Crippen LogP contribution is 2.28. The van der Waals surface area contributed by atoms with Crippen molar-refractivity contribution >= 4 is 29.0 Å². The molecule has 0 aliphatic rings. The molecule has 0 saturated carbocycles. The van der Waals surface area contributed by atoms with E-state index in [9.17, 15) is 14.4 Å². The molecule has 0 atom stereocenters. The first-order valence-corrected chi connectivity index (χ1v) is 10.6. The largest absolute Gasteiger partial charge is 0.493 e. The number of benzene rings is 1. The summed E-state index contributed by atoms with van der Waals surface area (Å²) in [5, 5.41) is 2.71. The normalized spacial score (nSPS) is 10.4. The number of Topliss-reactive ketones (excluding diaryl/α,β-unsaturated/α-hetero) is 1. The second kappa shape index (κ2) is 12.0. The predicted octanol–water partition coefficient (Wildman–Crippen LogP) is 3.65. The molecule has 7 nitrogen and oxygen atoms in total. The molecule has 1 amide bonds. The van der Waals surface area contributed by atoms with Crippen LogP contribution in [-0.4, -0.2) is 44.5 Å². The number of esters is 1. The highest BCUT2D eigenvalue weighted by atomic mass is 32.1. The molecule has 1 N–H and O–H groups in total. The minimum Gasteiger partial charge on any atom is -0.493 e. The fraction of sp³-hybridized carbons (Fsp3) is 0.409. The molecule has 1 aromatic carbocycles. The Hall–Kier alpha value is -2.87. The first-order valence-electron chi connectivity index (χ1n) is 9.79. The van der Waals surface area contributed by atoms with Gasteiger partial charge in [0.05, 0.1) is 24.2 Å². The van der Waals surface area contributed by atoms with Crippen LogP contribution in [0.25, 0.3) is 0 Å². The molecular weight excluding hydrogens is 406 g/mol. The Bertz CT molecular complexity index is 876. The van der Waals surface area contributed by atoms with E-state index in [-0.39, 0.29) is 23.9 Å². The quantitative estimate of drug-likeness (QED) is 0.312.